The Morgan fingerprint density at radius 3 is 2.27 bits per heavy atom. The molecule has 0 aliphatic rings. The van der Waals surface area contributed by atoms with Crippen molar-refractivity contribution in [1.82, 2.24) is 0 Å². The van der Waals surface area contributed by atoms with Crippen molar-refractivity contribution < 1.29 is 4.39 Å². The first-order chi connectivity index (χ1) is 12.7. The Bertz CT molecular complexity index is 1140. The van der Waals surface area contributed by atoms with E-state index in [0.717, 1.165) is 26.7 Å². The van der Waals surface area contributed by atoms with Gasteiger partial charge in [-0.1, -0.05) is 76.3 Å². The fourth-order valence-corrected chi connectivity index (χ4v) is 3.60. The van der Waals surface area contributed by atoms with Crippen LogP contribution in [0.1, 0.15) is 11.1 Å². The highest BCUT2D eigenvalue weighted by Crippen LogP contribution is 2.36. The van der Waals surface area contributed by atoms with Gasteiger partial charge < -0.3 is 0 Å². The molecule has 0 aromatic heterocycles. The molecule has 0 aliphatic heterocycles. The van der Waals surface area contributed by atoms with Gasteiger partial charge in [-0.05, 0) is 52.7 Å². The smallest absolute Gasteiger partial charge is 0.123 e. The summed E-state index contributed by atoms with van der Waals surface area (Å²) in [6.07, 6.45) is 0. The third-order valence-electron chi connectivity index (χ3n) is 4.26. The first kappa shape index (κ1) is 16.6. The minimum Gasteiger partial charge on any atom is -0.207 e. The SMILES string of the molecule is Fc1ccc(C#Cc2cccc(Br)c2-c2cccc3ccccc23)cc1. The predicted octanol–water partition coefficient (Wildman–Crippen LogP) is 6.81. The van der Waals surface area contributed by atoms with Gasteiger partial charge in [-0.15, -0.1) is 0 Å². The standard InChI is InChI=1S/C24H14BrF/c25-23-10-4-7-19(14-11-17-12-15-20(26)16-13-17)24(23)22-9-3-6-18-5-1-2-8-21(18)22/h1-10,12-13,15-16H. The van der Waals surface area contributed by atoms with Crippen molar-refractivity contribution in [2.45, 2.75) is 0 Å². The highest BCUT2D eigenvalue weighted by atomic mass is 79.9. The first-order valence-electron chi connectivity index (χ1n) is 8.26. The van der Waals surface area contributed by atoms with Gasteiger partial charge in [-0.25, -0.2) is 4.39 Å². The van der Waals surface area contributed by atoms with E-state index < -0.39 is 0 Å². The van der Waals surface area contributed by atoms with E-state index in [2.05, 4.69) is 58.1 Å². The molecule has 0 amide bonds. The van der Waals surface area contributed by atoms with Crippen molar-refractivity contribution >= 4 is 26.7 Å². The quantitative estimate of drug-likeness (QED) is 0.308. The maximum Gasteiger partial charge on any atom is 0.123 e. The van der Waals surface area contributed by atoms with Gasteiger partial charge in [0.15, 0.2) is 0 Å². The van der Waals surface area contributed by atoms with Crippen molar-refractivity contribution in [3.63, 3.8) is 0 Å². The third-order valence-corrected chi connectivity index (χ3v) is 4.92. The second-order valence-corrected chi connectivity index (χ2v) is 6.80. The number of benzene rings is 4. The zero-order valence-corrected chi connectivity index (χ0v) is 15.4. The molecule has 0 nitrogen and oxygen atoms in total. The van der Waals surface area contributed by atoms with Crippen LogP contribution in [0.25, 0.3) is 21.9 Å². The molecule has 124 valence electrons. The first-order valence-corrected chi connectivity index (χ1v) is 9.06. The van der Waals surface area contributed by atoms with Crippen LogP contribution in [0, 0.1) is 17.7 Å². The molecular weight excluding hydrogens is 387 g/mol. The Kier molecular flexibility index (Phi) is 4.56. The van der Waals surface area contributed by atoms with Gasteiger partial charge in [0.1, 0.15) is 5.82 Å². The Balaban J connectivity index is 1.89. The monoisotopic (exact) mass is 400 g/mol. The molecule has 0 saturated carbocycles. The maximum atomic E-state index is 13.1. The second kappa shape index (κ2) is 7.15. The van der Waals surface area contributed by atoms with Gasteiger partial charge >= 0.3 is 0 Å². The molecule has 0 fully saturated rings. The average Bonchev–Trinajstić information content (AvgIpc) is 2.67. The van der Waals surface area contributed by atoms with E-state index in [1.54, 1.807) is 12.1 Å². The van der Waals surface area contributed by atoms with E-state index in [4.69, 9.17) is 0 Å². The topological polar surface area (TPSA) is 0 Å². The lowest BCUT2D eigenvalue weighted by atomic mass is 9.94. The van der Waals surface area contributed by atoms with Crippen LogP contribution >= 0.6 is 15.9 Å². The van der Waals surface area contributed by atoms with E-state index in [9.17, 15) is 4.39 Å². The molecule has 0 saturated heterocycles. The van der Waals surface area contributed by atoms with Gasteiger partial charge in [-0.3, -0.25) is 0 Å². The zero-order chi connectivity index (χ0) is 17.9. The summed E-state index contributed by atoms with van der Waals surface area (Å²) in [5.41, 5.74) is 3.92. The summed E-state index contributed by atoms with van der Waals surface area (Å²) in [5.74, 6) is 6.13. The van der Waals surface area contributed by atoms with Crippen molar-refractivity contribution in [3.05, 3.63) is 106 Å². The fourth-order valence-electron chi connectivity index (χ4n) is 3.02. The van der Waals surface area contributed by atoms with Gasteiger partial charge in [0.05, 0.1) is 0 Å². The fraction of sp³-hybridized carbons (Fsp3) is 0. The highest BCUT2D eigenvalue weighted by Gasteiger charge is 2.11. The molecule has 0 N–H and O–H groups in total. The van der Waals surface area contributed by atoms with Crippen LogP contribution in [0.5, 0.6) is 0 Å². The van der Waals surface area contributed by atoms with Crippen LogP contribution in [0.4, 0.5) is 4.39 Å². The molecule has 26 heavy (non-hydrogen) atoms. The van der Waals surface area contributed by atoms with Crippen LogP contribution < -0.4 is 0 Å². The Morgan fingerprint density at radius 1 is 0.692 bits per heavy atom. The lowest BCUT2D eigenvalue weighted by molar-refractivity contribution is 0.627. The maximum absolute atomic E-state index is 13.1. The predicted molar refractivity (Wildman–Crippen MR) is 109 cm³/mol. The van der Waals surface area contributed by atoms with Gasteiger partial charge in [0.2, 0.25) is 0 Å². The molecular formula is C24H14BrF. The lowest BCUT2D eigenvalue weighted by Crippen LogP contribution is -1.88. The van der Waals surface area contributed by atoms with Crippen molar-refractivity contribution in [3.8, 4) is 23.0 Å². The summed E-state index contributed by atoms with van der Waals surface area (Å²) in [4.78, 5) is 0. The number of hydrogen-bond donors (Lipinski definition) is 0. The molecule has 4 rings (SSSR count). The van der Waals surface area contributed by atoms with Gasteiger partial charge in [0.25, 0.3) is 0 Å². The molecule has 0 atom stereocenters. The van der Waals surface area contributed by atoms with Gasteiger partial charge in [-0.2, -0.15) is 0 Å². The molecule has 4 aromatic carbocycles. The number of fused-ring (bicyclic) bond motifs is 1. The zero-order valence-electron chi connectivity index (χ0n) is 13.8. The van der Waals surface area contributed by atoms with Crippen LogP contribution in [0.2, 0.25) is 0 Å². The van der Waals surface area contributed by atoms with E-state index in [-0.39, 0.29) is 5.82 Å². The molecule has 2 heteroatoms. The summed E-state index contributed by atoms with van der Waals surface area (Å²) in [6.45, 7) is 0. The number of halogens is 2. The second-order valence-electron chi connectivity index (χ2n) is 5.95. The van der Waals surface area contributed by atoms with E-state index >= 15 is 0 Å². The highest BCUT2D eigenvalue weighted by molar-refractivity contribution is 9.10. The van der Waals surface area contributed by atoms with Gasteiger partial charge in [0, 0.05) is 21.2 Å². The molecule has 0 spiro atoms. The molecule has 0 bridgehead atoms. The molecule has 0 heterocycles. The lowest BCUT2D eigenvalue weighted by Gasteiger charge is -2.11. The summed E-state index contributed by atoms with van der Waals surface area (Å²) >= 11 is 3.69. The van der Waals surface area contributed by atoms with Crippen LogP contribution in [0.15, 0.2) is 89.4 Å². The van der Waals surface area contributed by atoms with E-state index in [0.29, 0.717) is 0 Å². The Hall–Kier alpha value is -2.89. The number of rotatable bonds is 1. The summed E-state index contributed by atoms with van der Waals surface area (Å²) in [7, 11) is 0. The number of hydrogen-bond acceptors (Lipinski definition) is 0. The van der Waals surface area contributed by atoms with Crippen molar-refractivity contribution in [2.75, 3.05) is 0 Å². The van der Waals surface area contributed by atoms with Crippen molar-refractivity contribution in [1.29, 1.82) is 0 Å². The molecule has 4 aromatic rings. The van der Waals surface area contributed by atoms with Crippen LogP contribution in [0.3, 0.4) is 0 Å². The van der Waals surface area contributed by atoms with E-state index in [1.165, 1.54) is 22.9 Å². The van der Waals surface area contributed by atoms with Crippen molar-refractivity contribution in [2.24, 2.45) is 0 Å². The summed E-state index contributed by atoms with van der Waals surface area (Å²) in [6, 6.07) is 26.9. The minimum atomic E-state index is -0.255. The molecule has 0 radical (unpaired) electrons. The Labute approximate surface area is 160 Å². The summed E-state index contributed by atoms with van der Waals surface area (Å²) < 4.78 is 14.1. The van der Waals surface area contributed by atoms with Crippen LogP contribution in [-0.4, -0.2) is 0 Å². The Morgan fingerprint density at radius 2 is 1.42 bits per heavy atom. The van der Waals surface area contributed by atoms with E-state index in [1.807, 2.05) is 30.3 Å². The minimum absolute atomic E-state index is 0.255. The van der Waals surface area contributed by atoms with Crippen LogP contribution in [-0.2, 0) is 0 Å². The normalized spacial score (nSPS) is 10.4. The molecule has 0 aliphatic carbocycles. The largest absolute Gasteiger partial charge is 0.207 e. The third kappa shape index (κ3) is 3.27. The average molecular weight is 401 g/mol. The summed E-state index contributed by atoms with van der Waals surface area (Å²) in [5, 5.41) is 2.38. The molecule has 0 unspecified atom stereocenters.